The number of aromatic nitrogens is 1. The van der Waals surface area contributed by atoms with Gasteiger partial charge in [-0.25, -0.2) is 4.79 Å². The van der Waals surface area contributed by atoms with Gasteiger partial charge >= 0.3 is 6.09 Å². The highest BCUT2D eigenvalue weighted by Gasteiger charge is 2.32. The highest BCUT2D eigenvalue weighted by molar-refractivity contribution is 5.69. The molecule has 0 unspecified atom stereocenters. The van der Waals surface area contributed by atoms with Crippen LogP contribution in [0.25, 0.3) is 0 Å². The molecular formula is C15H23N3O3. The Hall–Kier alpha value is -1.98. The van der Waals surface area contributed by atoms with Crippen LogP contribution in [0.4, 0.5) is 10.5 Å². The molecule has 1 aliphatic rings. The molecule has 2 rings (SSSR count). The molecule has 21 heavy (non-hydrogen) atoms. The van der Waals surface area contributed by atoms with E-state index in [1.807, 2.05) is 20.8 Å². The molecule has 0 saturated carbocycles. The first-order chi connectivity index (χ1) is 9.87. The summed E-state index contributed by atoms with van der Waals surface area (Å²) in [4.78, 5) is 17.8. The van der Waals surface area contributed by atoms with Crippen LogP contribution in [0.15, 0.2) is 18.5 Å². The SMILES string of the molecule is CC(C)(C)OC(=O)N1CCC[C@@H]1COc1ccncc1N. The van der Waals surface area contributed by atoms with Crippen LogP contribution in [0.3, 0.4) is 0 Å². The maximum absolute atomic E-state index is 12.2. The number of ether oxygens (including phenoxy) is 2. The number of hydrogen-bond acceptors (Lipinski definition) is 5. The second-order valence-corrected chi connectivity index (χ2v) is 6.19. The minimum absolute atomic E-state index is 0.0208. The predicted molar refractivity (Wildman–Crippen MR) is 80.1 cm³/mol. The van der Waals surface area contributed by atoms with Gasteiger partial charge in [-0.2, -0.15) is 0 Å². The maximum atomic E-state index is 12.2. The first-order valence-corrected chi connectivity index (χ1v) is 7.19. The van der Waals surface area contributed by atoms with Gasteiger partial charge in [-0.3, -0.25) is 4.98 Å². The van der Waals surface area contributed by atoms with Crippen molar-refractivity contribution in [1.82, 2.24) is 9.88 Å². The van der Waals surface area contributed by atoms with Gasteiger partial charge in [-0.05, 0) is 33.6 Å². The second-order valence-electron chi connectivity index (χ2n) is 6.19. The summed E-state index contributed by atoms with van der Waals surface area (Å²) >= 11 is 0. The Balaban J connectivity index is 1.93. The highest BCUT2D eigenvalue weighted by Crippen LogP contribution is 2.24. The van der Waals surface area contributed by atoms with Gasteiger partial charge in [0.25, 0.3) is 0 Å². The summed E-state index contributed by atoms with van der Waals surface area (Å²) in [5.41, 5.74) is 5.80. The van der Waals surface area contributed by atoms with Crippen LogP contribution in [-0.2, 0) is 4.74 Å². The van der Waals surface area contributed by atoms with E-state index in [0.29, 0.717) is 24.6 Å². The number of nitrogens with two attached hydrogens (primary N) is 1. The van der Waals surface area contributed by atoms with Gasteiger partial charge in [-0.1, -0.05) is 0 Å². The second kappa shape index (κ2) is 6.20. The topological polar surface area (TPSA) is 77.7 Å². The molecular weight excluding hydrogens is 270 g/mol. The lowest BCUT2D eigenvalue weighted by Gasteiger charge is -2.28. The fourth-order valence-corrected chi connectivity index (χ4v) is 2.28. The van der Waals surface area contributed by atoms with Crippen LogP contribution in [0.2, 0.25) is 0 Å². The number of pyridine rings is 1. The standard InChI is InChI=1S/C15H23N3O3/c1-15(2,3)21-14(19)18-8-4-5-11(18)10-20-13-6-7-17-9-12(13)16/h6-7,9,11H,4-5,8,10,16H2,1-3H3/t11-/m1/s1. The quantitative estimate of drug-likeness (QED) is 0.926. The average molecular weight is 293 g/mol. The predicted octanol–water partition coefficient (Wildman–Crippen LogP) is 2.44. The van der Waals surface area contributed by atoms with Crippen LogP contribution in [0.1, 0.15) is 33.6 Å². The summed E-state index contributed by atoms with van der Waals surface area (Å²) in [6.07, 6.45) is 4.77. The van der Waals surface area contributed by atoms with E-state index in [-0.39, 0.29) is 12.1 Å². The molecule has 1 amide bonds. The van der Waals surface area contributed by atoms with E-state index < -0.39 is 5.60 Å². The Morgan fingerprint density at radius 2 is 2.29 bits per heavy atom. The highest BCUT2D eigenvalue weighted by atomic mass is 16.6. The summed E-state index contributed by atoms with van der Waals surface area (Å²) < 4.78 is 11.1. The van der Waals surface area contributed by atoms with Crippen molar-refractivity contribution in [2.24, 2.45) is 0 Å². The number of amides is 1. The van der Waals surface area contributed by atoms with Crippen LogP contribution >= 0.6 is 0 Å². The van der Waals surface area contributed by atoms with Gasteiger partial charge in [0.05, 0.1) is 17.9 Å². The summed E-state index contributed by atoms with van der Waals surface area (Å²) in [6, 6.07) is 1.75. The number of anilines is 1. The van der Waals surface area contributed by atoms with Crippen LogP contribution in [0.5, 0.6) is 5.75 Å². The average Bonchev–Trinajstić information content (AvgIpc) is 2.84. The fourth-order valence-electron chi connectivity index (χ4n) is 2.28. The molecule has 116 valence electrons. The lowest BCUT2D eigenvalue weighted by atomic mass is 10.2. The first-order valence-electron chi connectivity index (χ1n) is 7.19. The number of nitrogens with zero attached hydrogens (tertiary/aromatic N) is 2. The van der Waals surface area contributed by atoms with Gasteiger partial charge in [0.1, 0.15) is 18.0 Å². The maximum Gasteiger partial charge on any atom is 0.410 e. The number of nitrogen functional groups attached to an aromatic ring is 1. The lowest BCUT2D eigenvalue weighted by Crippen LogP contribution is -2.42. The van der Waals surface area contributed by atoms with Gasteiger partial charge in [0, 0.05) is 18.8 Å². The normalized spacial score (nSPS) is 18.6. The van der Waals surface area contributed by atoms with Gasteiger partial charge in [0.15, 0.2) is 0 Å². The number of likely N-dealkylation sites (tertiary alicyclic amines) is 1. The Morgan fingerprint density at radius 1 is 1.52 bits per heavy atom. The van der Waals surface area contributed by atoms with Crippen molar-refractivity contribution in [3.63, 3.8) is 0 Å². The van der Waals surface area contributed by atoms with E-state index in [4.69, 9.17) is 15.2 Å². The molecule has 0 bridgehead atoms. The third-order valence-corrected chi connectivity index (χ3v) is 3.25. The van der Waals surface area contributed by atoms with E-state index in [9.17, 15) is 4.79 Å². The molecule has 0 aromatic carbocycles. The molecule has 1 aliphatic heterocycles. The van der Waals surface area contributed by atoms with E-state index in [1.54, 1.807) is 23.4 Å². The van der Waals surface area contributed by atoms with Crippen LogP contribution < -0.4 is 10.5 Å². The van der Waals surface area contributed by atoms with Gasteiger partial charge < -0.3 is 20.1 Å². The third-order valence-electron chi connectivity index (χ3n) is 3.25. The zero-order chi connectivity index (χ0) is 15.5. The Morgan fingerprint density at radius 3 is 2.95 bits per heavy atom. The summed E-state index contributed by atoms with van der Waals surface area (Å²) in [5.74, 6) is 0.598. The zero-order valence-electron chi connectivity index (χ0n) is 12.8. The summed E-state index contributed by atoms with van der Waals surface area (Å²) in [5, 5.41) is 0. The number of carbonyl (C=O) groups excluding carboxylic acids is 1. The zero-order valence-corrected chi connectivity index (χ0v) is 12.8. The Labute approximate surface area is 125 Å². The van der Waals surface area contributed by atoms with Crippen molar-refractivity contribution in [2.75, 3.05) is 18.9 Å². The van der Waals surface area contributed by atoms with Crippen molar-refractivity contribution in [1.29, 1.82) is 0 Å². The van der Waals surface area contributed by atoms with E-state index >= 15 is 0 Å². The molecule has 0 spiro atoms. The van der Waals surface area contributed by atoms with Crippen molar-refractivity contribution in [2.45, 2.75) is 45.3 Å². The van der Waals surface area contributed by atoms with Gasteiger partial charge in [0.2, 0.25) is 0 Å². The molecule has 0 aliphatic carbocycles. The van der Waals surface area contributed by atoms with Crippen molar-refractivity contribution in [3.8, 4) is 5.75 Å². The lowest BCUT2D eigenvalue weighted by molar-refractivity contribution is 0.0188. The molecule has 1 fully saturated rings. The molecule has 2 N–H and O–H groups in total. The molecule has 1 saturated heterocycles. The number of carbonyl (C=O) groups is 1. The number of rotatable bonds is 3. The van der Waals surface area contributed by atoms with Crippen molar-refractivity contribution in [3.05, 3.63) is 18.5 Å². The van der Waals surface area contributed by atoms with Crippen molar-refractivity contribution < 1.29 is 14.3 Å². The molecule has 6 heteroatoms. The summed E-state index contributed by atoms with van der Waals surface area (Å²) in [6.45, 7) is 6.71. The minimum Gasteiger partial charge on any atom is -0.489 e. The van der Waals surface area contributed by atoms with Gasteiger partial charge in [-0.15, -0.1) is 0 Å². The minimum atomic E-state index is -0.486. The molecule has 1 atom stereocenters. The monoisotopic (exact) mass is 293 g/mol. The molecule has 1 aromatic heterocycles. The molecule has 2 heterocycles. The smallest absolute Gasteiger partial charge is 0.410 e. The summed E-state index contributed by atoms with van der Waals surface area (Å²) in [7, 11) is 0. The van der Waals surface area contributed by atoms with Crippen LogP contribution in [-0.4, -0.2) is 40.8 Å². The number of hydrogen-bond donors (Lipinski definition) is 1. The third kappa shape index (κ3) is 4.24. The van der Waals surface area contributed by atoms with Crippen LogP contribution in [0, 0.1) is 0 Å². The van der Waals surface area contributed by atoms with E-state index in [0.717, 1.165) is 12.8 Å². The Bertz CT molecular complexity index is 499. The van der Waals surface area contributed by atoms with E-state index in [1.165, 1.54) is 0 Å². The largest absolute Gasteiger partial charge is 0.489 e. The first kappa shape index (κ1) is 15.4. The molecule has 6 nitrogen and oxygen atoms in total. The Kier molecular flexibility index (Phi) is 4.55. The van der Waals surface area contributed by atoms with Crippen molar-refractivity contribution >= 4 is 11.8 Å². The fraction of sp³-hybridized carbons (Fsp3) is 0.600. The molecule has 1 aromatic rings. The molecule has 0 radical (unpaired) electrons. The van der Waals surface area contributed by atoms with E-state index in [2.05, 4.69) is 4.98 Å².